The summed E-state index contributed by atoms with van der Waals surface area (Å²) in [6.07, 6.45) is 0. The lowest BCUT2D eigenvalue weighted by Gasteiger charge is -2.13. The van der Waals surface area contributed by atoms with E-state index in [-0.39, 0.29) is 5.91 Å². The second kappa shape index (κ2) is 6.54. The summed E-state index contributed by atoms with van der Waals surface area (Å²) in [6, 6.07) is 14.3. The van der Waals surface area contributed by atoms with Crippen molar-refractivity contribution in [1.82, 2.24) is 0 Å². The average molecular weight is 302 g/mol. The highest BCUT2D eigenvalue weighted by Crippen LogP contribution is 2.19. The maximum absolute atomic E-state index is 12.4. The molecule has 4 nitrogen and oxygen atoms in total. The molecule has 2 rings (SSSR count). The summed E-state index contributed by atoms with van der Waals surface area (Å²) in [5.74, 6) is -0.313. The molecule has 0 saturated carbocycles. The van der Waals surface area contributed by atoms with Crippen LogP contribution in [0.15, 0.2) is 53.4 Å². The average Bonchev–Trinajstić information content (AvgIpc) is 2.49. The molecule has 0 aliphatic carbocycles. The molecule has 110 valence electrons. The second-order valence-electron chi connectivity index (χ2n) is 4.83. The predicted octanol–water partition coefficient (Wildman–Crippen LogP) is 2.71. The van der Waals surface area contributed by atoms with Crippen LogP contribution in [0.2, 0.25) is 0 Å². The number of aryl methyl sites for hydroxylation is 1. The Labute approximate surface area is 126 Å². The van der Waals surface area contributed by atoms with Crippen LogP contribution >= 0.6 is 0 Å². The molecule has 0 aliphatic rings. The fourth-order valence-corrected chi connectivity index (χ4v) is 2.88. The molecule has 3 N–H and O–H groups in total. The Hall–Kier alpha value is -2.14. The fourth-order valence-electron chi connectivity index (χ4n) is 1.82. The SMILES string of the molecule is Cc1ccc(S(=O)C(C)C(=O)Nc2ccccc2N)cc1. The summed E-state index contributed by atoms with van der Waals surface area (Å²) >= 11 is 0. The molecule has 0 radical (unpaired) electrons. The van der Waals surface area contributed by atoms with Crippen LogP contribution in [0, 0.1) is 6.92 Å². The monoisotopic (exact) mass is 302 g/mol. The number of nitrogen functional groups attached to an aromatic ring is 1. The van der Waals surface area contributed by atoms with Crippen molar-refractivity contribution >= 4 is 28.1 Å². The Bertz CT molecular complexity index is 668. The van der Waals surface area contributed by atoms with Gasteiger partial charge in [-0.3, -0.25) is 9.00 Å². The van der Waals surface area contributed by atoms with E-state index in [0.717, 1.165) is 5.56 Å². The summed E-state index contributed by atoms with van der Waals surface area (Å²) in [6.45, 7) is 3.60. The standard InChI is InChI=1S/C16H18N2O2S/c1-11-7-9-13(10-8-11)21(20)12(2)16(19)18-15-6-4-3-5-14(15)17/h3-10,12H,17H2,1-2H3,(H,18,19). The third kappa shape index (κ3) is 3.70. The molecular weight excluding hydrogens is 284 g/mol. The van der Waals surface area contributed by atoms with E-state index in [2.05, 4.69) is 5.32 Å². The van der Waals surface area contributed by atoms with Gasteiger partial charge in [0.05, 0.1) is 22.2 Å². The van der Waals surface area contributed by atoms with Gasteiger partial charge in [-0.25, -0.2) is 0 Å². The molecule has 0 saturated heterocycles. The summed E-state index contributed by atoms with van der Waals surface area (Å²) in [7, 11) is -1.40. The topological polar surface area (TPSA) is 72.2 Å². The van der Waals surface area contributed by atoms with Gasteiger partial charge in [-0.05, 0) is 38.1 Å². The predicted molar refractivity (Wildman–Crippen MR) is 86.5 cm³/mol. The highest BCUT2D eigenvalue weighted by Gasteiger charge is 2.21. The van der Waals surface area contributed by atoms with Crippen LogP contribution in [-0.4, -0.2) is 15.4 Å². The van der Waals surface area contributed by atoms with Crippen LogP contribution < -0.4 is 11.1 Å². The van der Waals surface area contributed by atoms with Gasteiger partial charge < -0.3 is 11.1 Å². The zero-order chi connectivity index (χ0) is 15.4. The molecule has 2 aromatic rings. The third-order valence-corrected chi connectivity index (χ3v) is 4.76. The van der Waals surface area contributed by atoms with Gasteiger partial charge in [0.2, 0.25) is 5.91 Å². The van der Waals surface area contributed by atoms with E-state index in [1.807, 2.05) is 19.1 Å². The van der Waals surface area contributed by atoms with Crippen LogP contribution in [0.1, 0.15) is 12.5 Å². The van der Waals surface area contributed by atoms with E-state index < -0.39 is 16.0 Å². The lowest BCUT2D eigenvalue weighted by atomic mass is 10.2. The number of nitrogens with one attached hydrogen (secondary N) is 1. The number of nitrogens with two attached hydrogens (primary N) is 1. The Balaban J connectivity index is 2.10. The minimum atomic E-state index is -1.40. The van der Waals surface area contributed by atoms with Gasteiger partial charge >= 0.3 is 0 Å². The maximum atomic E-state index is 12.4. The Morgan fingerprint density at radius 2 is 1.76 bits per heavy atom. The molecule has 1 amide bonds. The minimum Gasteiger partial charge on any atom is -0.397 e. The first-order valence-electron chi connectivity index (χ1n) is 6.61. The van der Waals surface area contributed by atoms with Gasteiger partial charge in [-0.1, -0.05) is 29.8 Å². The van der Waals surface area contributed by atoms with Crippen molar-refractivity contribution in [3.63, 3.8) is 0 Å². The van der Waals surface area contributed by atoms with Crippen LogP contribution in [0.4, 0.5) is 11.4 Å². The zero-order valence-electron chi connectivity index (χ0n) is 12.0. The smallest absolute Gasteiger partial charge is 0.240 e. The number of anilines is 2. The van der Waals surface area contributed by atoms with Gasteiger partial charge in [0, 0.05) is 4.90 Å². The van der Waals surface area contributed by atoms with Crippen molar-refractivity contribution in [3.8, 4) is 0 Å². The maximum Gasteiger partial charge on any atom is 0.240 e. The number of benzene rings is 2. The quantitative estimate of drug-likeness (QED) is 0.853. The van der Waals surface area contributed by atoms with E-state index in [1.165, 1.54) is 0 Å². The van der Waals surface area contributed by atoms with Crippen molar-refractivity contribution in [3.05, 3.63) is 54.1 Å². The highest BCUT2D eigenvalue weighted by molar-refractivity contribution is 7.86. The van der Waals surface area contributed by atoms with Crippen molar-refractivity contribution < 1.29 is 9.00 Å². The molecule has 0 spiro atoms. The Kier molecular flexibility index (Phi) is 4.75. The van der Waals surface area contributed by atoms with Gasteiger partial charge in [-0.2, -0.15) is 0 Å². The molecule has 0 heterocycles. The molecule has 2 atom stereocenters. The molecule has 0 fully saturated rings. The van der Waals surface area contributed by atoms with Crippen LogP contribution in [0.25, 0.3) is 0 Å². The Morgan fingerprint density at radius 3 is 2.38 bits per heavy atom. The number of carbonyl (C=O) groups excluding carboxylic acids is 1. The number of hydrogen-bond acceptors (Lipinski definition) is 3. The number of carbonyl (C=O) groups is 1. The summed E-state index contributed by atoms with van der Waals surface area (Å²) < 4.78 is 12.4. The summed E-state index contributed by atoms with van der Waals surface area (Å²) in [4.78, 5) is 12.8. The summed E-state index contributed by atoms with van der Waals surface area (Å²) in [5, 5.41) is 2.06. The molecule has 5 heteroatoms. The minimum absolute atomic E-state index is 0.313. The van der Waals surface area contributed by atoms with Crippen molar-refractivity contribution in [1.29, 1.82) is 0 Å². The largest absolute Gasteiger partial charge is 0.397 e. The third-order valence-electron chi connectivity index (χ3n) is 3.16. The van der Waals surface area contributed by atoms with Crippen LogP contribution in [0.5, 0.6) is 0 Å². The molecule has 0 bridgehead atoms. The van der Waals surface area contributed by atoms with Gasteiger partial charge in [0.15, 0.2) is 0 Å². The van der Waals surface area contributed by atoms with E-state index in [1.54, 1.807) is 43.3 Å². The molecule has 0 aromatic heterocycles. The Morgan fingerprint density at radius 1 is 1.14 bits per heavy atom. The highest BCUT2D eigenvalue weighted by atomic mass is 32.2. The number of rotatable bonds is 4. The molecule has 2 aromatic carbocycles. The lowest BCUT2D eigenvalue weighted by Crippen LogP contribution is -2.29. The fraction of sp³-hybridized carbons (Fsp3) is 0.188. The van der Waals surface area contributed by atoms with E-state index in [9.17, 15) is 9.00 Å². The first-order valence-corrected chi connectivity index (χ1v) is 7.83. The second-order valence-corrected chi connectivity index (χ2v) is 6.60. The number of para-hydroxylation sites is 2. The molecule has 0 aliphatic heterocycles. The summed E-state index contributed by atoms with van der Waals surface area (Å²) in [5.41, 5.74) is 7.89. The van der Waals surface area contributed by atoms with E-state index >= 15 is 0 Å². The van der Waals surface area contributed by atoms with Crippen LogP contribution in [-0.2, 0) is 15.6 Å². The van der Waals surface area contributed by atoms with Gasteiger partial charge in [-0.15, -0.1) is 0 Å². The molecular formula is C16H18N2O2S. The number of hydrogen-bond donors (Lipinski definition) is 2. The number of amides is 1. The van der Waals surface area contributed by atoms with Crippen molar-refractivity contribution in [2.45, 2.75) is 24.0 Å². The molecule has 2 unspecified atom stereocenters. The normalized spacial score (nSPS) is 13.4. The van der Waals surface area contributed by atoms with E-state index in [4.69, 9.17) is 5.73 Å². The van der Waals surface area contributed by atoms with Gasteiger partial charge in [0.25, 0.3) is 0 Å². The molecule has 21 heavy (non-hydrogen) atoms. The first-order chi connectivity index (χ1) is 9.99. The van der Waals surface area contributed by atoms with Crippen molar-refractivity contribution in [2.75, 3.05) is 11.1 Å². The van der Waals surface area contributed by atoms with Gasteiger partial charge in [0.1, 0.15) is 5.25 Å². The van der Waals surface area contributed by atoms with E-state index in [0.29, 0.717) is 16.3 Å². The lowest BCUT2D eigenvalue weighted by molar-refractivity contribution is -0.115. The van der Waals surface area contributed by atoms with Crippen molar-refractivity contribution in [2.24, 2.45) is 0 Å². The first kappa shape index (κ1) is 15.3. The van der Waals surface area contributed by atoms with Crippen LogP contribution in [0.3, 0.4) is 0 Å². The zero-order valence-corrected chi connectivity index (χ0v) is 12.8.